The molecular formula is C57H54N2S. The highest BCUT2D eigenvalue weighted by molar-refractivity contribution is 7.22. The summed E-state index contributed by atoms with van der Waals surface area (Å²) in [5.74, 6) is 0.927. The van der Waals surface area contributed by atoms with Crippen molar-refractivity contribution < 1.29 is 0 Å². The molecule has 2 nitrogen and oxygen atoms in total. The van der Waals surface area contributed by atoms with Crippen molar-refractivity contribution in [1.82, 2.24) is 4.57 Å². The number of aryl methyl sites for hydroxylation is 1. The van der Waals surface area contributed by atoms with E-state index < -0.39 is 0 Å². The van der Waals surface area contributed by atoms with Gasteiger partial charge in [0, 0.05) is 49.2 Å². The predicted molar refractivity (Wildman–Crippen MR) is 255 cm³/mol. The average molecular weight is 799 g/mol. The number of anilines is 1. The first kappa shape index (κ1) is 36.5. The third-order valence-corrected chi connectivity index (χ3v) is 17.9. The fourth-order valence-electron chi connectivity index (χ4n) is 12.9. The average Bonchev–Trinajstić information content (AvgIpc) is 3.87. The Morgan fingerprint density at radius 1 is 0.767 bits per heavy atom. The highest BCUT2D eigenvalue weighted by atomic mass is 32.1. The van der Waals surface area contributed by atoms with E-state index in [0.717, 1.165) is 44.9 Å². The molecule has 1 fully saturated rings. The molecule has 3 heteroatoms. The second kappa shape index (κ2) is 13.3. The molecule has 12 rings (SSSR count). The number of hydrogen-bond donors (Lipinski definition) is 0. The molecule has 0 radical (unpaired) electrons. The molecule has 60 heavy (non-hydrogen) atoms. The van der Waals surface area contributed by atoms with Crippen LogP contribution in [0.25, 0.3) is 43.2 Å². The number of thiophene rings is 1. The molecule has 0 bridgehead atoms. The Morgan fingerprint density at radius 3 is 2.42 bits per heavy atom. The van der Waals surface area contributed by atoms with Crippen LogP contribution in [-0.2, 0) is 19.3 Å². The second-order valence-corrected chi connectivity index (χ2v) is 20.5. The van der Waals surface area contributed by atoms with Crippen molar-refractivity contribution in [3.8, 4) is 10.4 Å². The van der Waals surface area contributed by atoms with Gasteiger partial charge in [-0.05, 0) is 125 Å². The van der Waals surface area contributed by atoms with Crippen molar-refractivity contribution in [2.45, 2.75) is 84.6 Å². The molecule has 5 unspecified atom stereocenters. The fraction of sp³-hybridized carbons (Fsp3) is 0.298. The van der Waals surface area contributed by atoms with Gasteiger partial charge in [0.2, 0.25) is 0 Å². The van der Waals surface area contributed by atoms with Crippen molar-refractivity contribution in [3.63, 3.8) is 0 Å². The first-order chi connectivity index (χ1) is 29.2. The minimum Gasteiger partial charge on any atom is -0.338 e. The molecule has 0 aliphatic heterocycles. The van der Waals surface area contributed by atoms with Crippen LogP contribution in [0.3, 0.4) is 0 Å². The summed E-state index contributed by atoms with van der Waals surface area (Å²) in [4.78, 5) is 4.19. The minimum absolute atomic E-state index is 0.00848. The van der Waals surface area contributed by atoms with E-state index in [-0.39, 0.29) is 16.2 Å². The molecule has 2 heterocycles. The number of fused-ring (bicyclic) bond motifs is 11. The molecule has 6 aliphatic carbocycles. The van der Waals surface area contributed by atoms with E-state index in [1.807, 2.05) is 11.3 Å². The fourth-order valence-corrected chi connectivity index (χ4v) is 14.3. The van der Waals surface area contributed by atoms with E-state index in [9.17, 15) is 0 Å². The van der Waals surface area contributed by atoms with Crippen molar-refractivity contribution in [1.29, 1.82) is 0 Å². The van der Waals surface area contributed by atoms with Crippen LogP contribution in [0, 0.1) is 22.2 Å². The summed E-state index contributed by atoms with van der Waals surface area (Å²) in [6, 6.07) is 37.0. The number of allylic oxidation sites excluding steroid dienone is 9. The van der Waals surface area contributed by atoms with Crippen LogP contribution in [0.2, 0.25) is 0 Å². The van der Waals surface area contributed by atoms with E-state index in [4.69, 9.17) is 0 Å². The van der Waals surface area contributed by atoms with Gasteiger partial charge in [0.25, 0.3) is 0 Å². The number of rotatable bonds is 5. The lowest BCUT2D eigenvalue weighted by Gasteiger charge is -2.54. The van der Waals surface area contributed by atoms with Crippen molar-refractivity contribution in [3.05, 3.63) is 185 Å². The van der Waals surface area contributed by atoms with Crippen LogP contribution in [0.5, 0.6) is 0 Å². The Labute approximate surface area is 359 Å². The third-order valence-electron chi connectivity index (χ3n) is 16.6. The van der Waals surface area contributed by atoms with E-state index in [1.165, 1.54) is 70.9 Å². The molecule has 0 N–H and O–H groups in total. The van der Waals surface area contributed by atoms with Crippen LogP contribution in [-0.4, -0.2) is 10.6 Å². The maximum absolute atomic E-state index is 2.71. The topological polar surface area (TPSA) is 8.17 Å². The van der Waals surface area contributed by atoms with Gasteiger partial charge >= 0.3 is 0 Å². The zero-order valence-electron chi connectivity index (χ0n) is 35.4. The van der Waals surface area contributed by atoms with Gasteiger partial charge in [0.1, 0.15) is 0 Å². The van der Waals surface area contributed by atoms with E-state index >= 15 is 0 Å². The van der Waals surface area contributed by atoms with E-state index in [2.05, 4.69) is 189 Å². The Bertz CT molecular complexity index is 2940. The van der Waals surface area contributed by atoms with Crippen LogP contribution in [0.4, 0.5) is 5.69 Å². The molecule has 0 amide bonds. The largest absolute Gasteiger partial charge is 0.338 e. The standard InChI is InChI=1S/C57H54N2S/c1-55(2)49-35-43(59-50-20-12-10-19-47(50)53-51(59)31-29-46-45-18-11-13-21-52(45)60-54(46)53)28-30-48(49)56(3)33-32-44(36-57(55,56)4)58(41-16-6-5-7-17-41)42-26-24-38(25-27-42)40-23-22-37-14-8-9-15-39(37)34-40/h5-16,18-28,32,35,40-41,48H,17,29-31,33-34,36H2,1-4H3. The van der Waals surface area contributed by atoms with Gasteiger partial charge in [-0.25, -0.2) is 0 Å². The molecule has 4 aromatic carbocycles. The summed E-state index contributed by atoms with van der Waals surface area (Å²) in [6.07, 6.45) is 29.4. The lowest BCUT2D eigenvalue weighted by atomic mass is 9.52. The summed E-state index contributed by atoms with van der Waals surface area (Å²) in [5, 5.41) is 2.84. The quantitative estimate of drug-likeness (QED) is 0.169. The number of para-hydroxylation sites is 1. The summed E-state index contributed by atoms with van der Waals surface area (Å²) < 4.78 is 4.08. The van der Waals surface area contributed by atoms with Crippen molar-refractivity contribution in [2.75, 3.05) is 4.90 Å². The van der Waals surface area contributed by atoms with Crippen LogP contribution in [0.1, 0.15) is 87.2 Å². The molecule has 298 valence electrons. The number of hydrogen-bond acceptors (Lipinski definition) is 2. The first-order valence-electron chi connectivity index (χ1n) is 22.5. The molecular weight excluding hydrogens is 745 g/mol. The Kier molecular flexibility index (Phi) is 8.09. The maximum Gasteiger partial charge on any atom is 0.0556 e. The number of benzene rings is 4. The number of aromatic nitrogens is 1. The molecule has 6 aliphatic rings. The van der Waals surface area contributed by atoms with Crippen LogP contribution in [0.15, 0.2) is 157 Å². The molecule has 1 saturated carbocycles. The molecule has 6 aromatic rings. The van der Waals surface area contributed by atoms with E-state index in [1.54, 1.807) is 11.1 Å². The minimum atomic E-state index is 0.00848. The highest BCUT2D eigenvalue weighted by Crippen LogP contribution is 2.74. The Balaban J connectivity index is 0.896. The van der Waals surface area contributed by atoms with Gasteiger partial charge in [0.05, 0.1) is 11.6 Å². The van der Waals surface area contributed by atoms with Gasteiger partial charge in [-0.3, -0.25) is 0 Å². The van der Waals surface area contributed by atoms with Crippen LogP contribution < -0.4 is 4.90 Å². The normalized spacial score (nSPS) is 27.1. The van der Waals surface area contributed by atoms with Gasteiger partial charge < -0.3 is 9.47 Å². The molecule has 5 atom stereocenters. The summed E-state index contributed by atoms with van der Waals surface area (Å²) in [7, 11) is 0. The van der Waals surface area contributed by atoms with Crippen LogP contribution >= 0.6 is 11.3 Å². The first-order valence-corrected chi connectivity index (χ1v) is 23.3. The highest BCUT2D eigenvalue weighted by Gasteiger charge is 2.66. The molecule has 0 spiro atoms. The molecule has 0 saturated heterocycles. The summed E-state index contributed by atoms with van der Waals surface area (Å²) in [6.45, 7) is 10.5. The zero-order chi connectivity index (χ0) is 40.4. The monoisotopic (exact) mass is 798 g/mol. The lowest BCUT2D eigenvalue weighted by molar-refractivity contribution is -0.00149. The van der Waals surface area contributed by atoms with Gasteiger partial charge in [-0.1, -0.05) is 155 Å². The lowest BCUT2D eigenvalue weighted by Crippen LogP contribution is -2.48. The third kappa shape index (κ3) is 5.11. The zero-order valence-corrected chi connectivity index (χ0v) is 36.2. The molecule has 2 aromatic heterocycles. The van der Waals surface area contributed by atoms with E-state index in [0.29, 0.717) is 17.9 Å². The van der Waals surface area contributed by atoms with Crippen molar-refractivity contribution in [2.24, 2.45) is 22.2 Å². The Morgan fingerprint density at radius 2 is 1.57 bits per heavy atom. The van der Waals surface area contributed by atoms with Gasteiger partial charge in [-0.2, -0.15) is 0 Å². The summed E-state index contributed by atoms with van der Waals surface area (Å²) in [5.41, 5.74) is 16.1. The van der Waals surface area contributed by atoms with Gasteiger partial charge in [-0.15, -0.1) is 11.3 Å². The van der Waals surface area contributed by atoms with Crippen molar-refractivity contribution >= 4 is 49.8 Å². The number of nitrogens with zero attached hydrogens (tertiary/aromatic N) is 2. The second-order valence-electron chi connectivity index (χ2n) is 19.5. The Hall–Kier alpha value is -5.38. The maximum atomic E-state index is 2.71. The summed E-state index contributed by atoms with van der Waals surface area (Å²) >= 11 is 1.99. The van der Waals surface area contributed by atoms with Gasteiger partial charge in [0.15, 0.2) is 0 Å². The smallest absolute Gasteiger partial charge is 0.0556 e. The SMILES string of the molecule is CC1(C)C2=CC(n3c4c(c5ccccc53)-c3sc5ccccc5c3CC4)=CCC2C2(C)CC=C(N(c3ccc(C4C=Cc5ccccc5C4)cc3)C3C=CC=CC3)CC12C. The predicted octanol–water partition coefficient (Wildman–Crippen LogP) is 14.9.